The van der Waals surface area contributed by atoms with Crippen LogP contribution in [0.25, 0.3) is 10.8 Å². The highest BCUT2D eigenvalue weighted by molar-refractivity contribution is 7.99. The topological polar surface area (TPSA) is 43.2 Å². The van der Waals surface area contributed by atoms with Gasteiger partial charge in [-0.3, -0.25) is 4.57 Å². The Morgan fingerprint density at radius 2 is 1.65 bits per heavy atom. The molecule has 0 bridgehead atoms. The van der Waals surface area contributed by atoms with Gasteiger partial charge in [0.15, 0.2) is 5.16 Å². The third kappa shape index (κ3) is 4.45. The number of hydrogen-bond acceptors (Lipinski definition) is 5. The van der Waals surface area contributed by atoms with Gasteiger partial charge < -0.3 is 9.64 Å². The van der Waals surface area contributed by atoms with Crippen LogP contribution < -0.4 is 4.90 Å². The van der Waals surface area contributed by atoms with Gasteiger partial charge in [-0.2, -0.15) is 0 Å². The van der Waals surface area contributed by atoms with Gasteiger partial charge in [0, 0.05) is 18.3 Å². The minimum Gasteiger partial charge on any atom is -0.378 e. The van der Waals surface area contributed by atoms with E-state index in [4.69, 9.17) is 4.74 Å². The van der Waals surface area contributed by atoms with E-state index in [0.717, 1.165) is 44.0 Å². The summed E-state index contributed by atoms with van der Waals surface area (Å²) in [5.41, 5.74) is 2.54. The van der Waals surface area contributed by atoms with Crippen molar-refractivity contribution in [2.24, 2.45) is 0 Å². The average molecular weight is 431 g/mol. The van der Waals surface area contributed by atoms with Crippen molar-refractivity contribution >= 4 is 28.5 Å². The predicted molar refractivity (Wildman–Crippen MR) is 127 cm³/mol. The summed E-state index contributed by atoms with van der Waals surface area (Å²) < 4.78 is 7.79. The second-order valence-corrected chi connectivity index (χ2v) is 9.13. The van der Waals surface area contributed by atoms with E-state index in [9.17, 15) is 0 Å². The van der Waals surface area contributed by atoms with Crippen LogP contribution in [0.2, 0.25) is 0 Å². The van der Waals surface area contributed by atoms with Crippen LogP contribution in [-0.2, 0) is 11.3 Å². The summed E-state index contributed by atoms with van der Waals surface area (Å²) in [6, 6.07) is 25.7. The first kappa shape index (κ1) is 20.1. The standard InChI is InChI=1S/C25H26N4OS/c1-19(22-12-11-21-9-5-6-10-23(21)17-22)31-25-27-26-24(28-13-15-30-16-14-28)29(25)18-20-7-3-2-4-8-20/h2-12,17,19H,13-16,18H2,1H3. The Bertz CT molecular complexity index is 1150. The number of aromatic nitrogens is 3. The van der Waals surface area contributed by atoms with Gasteiger partial charge in [-0.05, 0) is 28.8 Å². The molecule has 0 radical (unpaired) electrons. The molecule has 5 nitrogen and oxygen atoms in total. The van der Waals surface area contributed by atoms with E-state index in [1.54, 1.807) is 11.8 Å². The molecule has 2 heterocycles. The highest BCUT2D eigenvalue weighted by atomic mass is 32.2. The maximum Gasteiger partial charge on any atom is 0.228 e. The molecule has 0 amide bonds. The molecule has 1 atom stereocenters. The zero-order valence-corrected chi connectivity index (χ0v) is 18.5. The lowest BCUT2D eigenvalue weighted by molar-refractivity contribution is 0.121. The van der Waals surface area contributed by atoms with Gasteiger partial charge in [-0.15, -0.1) is 10.2 Å². The molecule has 0 N–H and O–H groups in total. The van der Waals surface area contributed by atoms with Crippen LogP contribution in [-0.4, -0.2) is 41.1 Å². The minimum atomic E-state index is 0.265. The van der Waals surface area contributed by atoms with Gasteiger partial charge in [0.2, 0.25) is 5.95 Å². The van der Waals surface area contributed by atoms with Crippen molar-refractivity contribution in [1.29, 1.82) is 0 Å². The lowest BCUT2D eigenvalue weighted by Crippen LogP contribution is -2.38. The third-order valence-electron chi connectivity index (χ3n) is 5.70. The zero-order chi connectivity index (χ0) is 21.0. The fourth-order valence-corrected chi connectivity index (χ4v) is 4.92. The van der Waals surface area contributed by atoms with Crippen molar-refractivity contribution in [2.75, 3.05) is 31.2 Å². The zero-order valence-electron chi connectivity index (χ0n) is 17.6. The van der Waals surface area contributed by atoms with E-state index in [1.165, 1.54) is 21.9 Å². The van der Waals surface area contributed by atoms with Gasteiger partial charge in [-0.25, -0.2) is 0 Å². The Balaban J connectivity index is 1.44. The molecule has 6 heteroatoms. The van der Waals surface area contributed by atoms with Crippen molar-refractivity contribution in [2.45, 2.75) is 23.9 Å². The van der Waals surface area contributed by atoms with Crippen molar-refractivity contribution < 1.29 is 4.74 Å². The van der Waals surface area contributed by atoms with Crippen molar-refractivity contribution in [3.05, 3.63) is 83.9 Å². The van der Waals surface area contributed by atoms with Crippen LogP contribution in [0.3, 0.4) is 0 Å². The van der Waals surface area contributed by atoms with Crippen LogP contribution in [0.4, 0.5) is 5.95 Å². The molecule has 3 aromatic carbocycles. The summed E-state index contributed by atoms with van der Waals surface area (Å²) in [7, 11) is 0. The van der Waals surface area contributed by atoms with Gasteiger partial charge in [-0.1, -0.05) is 84.6 Å². The fourth-order valence-electron chi connectivity index (χ4n) is 3.96. The molecule has 1 fully saturated rings. The number of benzene rings is 3. The summed E-state index contributed by atoms with van der Waals surface area (Å²) >= 11 is 1.77. The van der Waals surface area contributed by atoms with Crippen LogP contribution in [0.15, 0.2) is 78.0 Å². The molecule has 0 saturated carbocycles. The SMILES string of the molecule is CC(Sc1nnc(N2CCOCC2)n1Cc1ccccc1)c1ccc2ccccc2c1. The molecular weight excluding hydrogens is 404 g/mol. The third-order valence-corrected chi connectivity index (χ3v) is 6.84. The molecule has 31 heavy (non-hydrogen) atoms. The number of fused-ring (bicyclic) bond motifs is 1. The molecule has 1 saturated heterocycles. The Morgan fingerprint density at radius 3 is 2.45 bits per heavy atom. The molecule has 1 aliphatic heterocycles. The Hall–Kier alpha value is -2.83. The van der Waals surface area contributed by atoms with Crippen molar-refractivity contribution in [3.63, 3.8) is 0 Å². The molecule has 0 aliphatic carbocycles. The van der Waals surface area contributed by atoms with E-state index in [2.05, 4.69) is 99.4 Å². The minimum absolute atomic E-state index is 0.265. The van der Waals surface area contributed by atoms with Crippen LogP contribution in [0.1, 0.15) is 23.3 Å². The van der Waals surface area contributed by atoms with Crippen LogP contribution >= 0.6 is 11.8 Å². The molecule has 0 spiro atoms. The van der Waals surface area contributed by atoms with Gasteiger partial charge in [0.05, 0.1) is 19.8 Å². The number of anilines is 1. The monoisotopic (exact) mass is 430 g/mol. The first-order valence-electron chi connectivity index (χ1n) is 10.7. The average Bonchev–Trinajstić information content (AvgIpc) is 3.21. The number of morpholine rings is 1. The molecule has 5 rings (SSSR count). The van der Waals surface area contributed by atoms with Gasteiger partial charge in [0.25, 0.3) is 0 Å². The van der Waals surface area contributed by atoms with E-state index in [-0.39, 0.29) is 5.25 Å². The molecule has 4 aromatic rings. The fraction of sp³-hybridized carbons (Fsp3) is 0.280. The molecule has 1 unspecified atom stereocenters. The summed E-state index contributed by atoms with van der Waals surface area (Å²) in [5.74, 6) is 0.931. The van der Waals surface area contributed by atoms with E-state index in [1.807, 2.05) is 0 Å². The lowest BCUT2D eigenvalue weighted by atomic mass is 10.1. The second-order valence-electron chi connectivity index (χ2n) is 7.82. The Kier molecular flexibility index (Phi) is 5.91. The van der Waals surface area contributed by atoms with Gasteiger partial charge >= 0.3 is 0 Å². The molecule has 1 aromatic heterocycles. The summed E-state index contributed by atoms with van der Waals surface area (Å²) in [6.45, 7) is 6.15. The number of rotatable bonds is 6. The second kappa shape index (κ2) is 9.12. The first-order chi connectivity index (χ1) is 15.3. The Labute approximate surface area is 187 Å². The number of thioether (sulfide) groups is 1. The number of nitrogens with zero attached hydrogens (tertiary/aromatic N) is 4. The first-order valence-corrected chi connectivity index (χ1v) is 11.6. The summed E-state index contributed by atoms with van der Waals surface area (Å²) in [6.07, 6.45) is 0. The largest absolute Gasteiger partial charge is 0.378 e. The van der Waals surface area contributed by atoms with E-state index >= 15 is 0 Å². The van der Waals surface area contributed by atoms with Crippen molar-refractivity contribution in [1.82, 2.24) is 14.8 Å². The number of ether oxygens (including phenoxy) is 1. The molecule has 158 valence electrons. The highest BCUT2D eigenvalue weighted by Gasteiger charge is 2.22. The van der Waals surface area contributed by atoms with Crippen molar-refractivity contribution in [3.8, 4) is 0 Å². The smallest absolute Gasteiger partial charge is 0.228 e. The predicted octanol–water partition coefficient (Wildman–Crippen LogP) is 5.17. The Morgan fingerprint density at radius 1 is 0.903 bits per heavy atom. The van der Waals surface area contributed by atoms with E-state index < -0.39 is 0 Å². The van der Waals surface area contributed by atoms with Crippen LogP contribution in [0, 0.1) is 0 Å². The maximum absolute atomic E-state index is 5.54. The lowest BCUT2D eigenvalue weighted by Gasteiger charge is -2.28. The molecule has 1 aliphatic rings. The quantitative estimate of drug-likeness (QED) is 0.395. The molecular formula is C25H26N4OS. The number of hydrogen-bond donors (Lipinski definition) is 0. The van der Waals surface area contributed by atoms with E-state index in [0.29, 0.717) is 0 Å². The highest BCUT2D eigenvalue weighted by Crippen LogP contribution is 2.36. The summed E-state index contributed by atoms with van der Waals surface area (Å²) in [5, 5.41) is 13.0. The summed E-state index contributed by atoms with van der Waals surface area (Å²) in [4.78, 5) is 2.28. The van der Waals surface area contributed by atoms with Crippen LogP contribution in [0.5, 0.6) is 0 Å². The normalized spacial score (nSPS) is 15.3. The maximum atomic E-state index is 5.54. The van der Waals surface area contributed by atoms with Gasteiger partial charge in [0.1, 0.15) is 0 Å².